The molecule has 3 rings (SSSR count). The molecular formula is C24H21NO6. The van der Waals surface area contributed by atoms with E-state index in [0.29, 0.717) is 27.6 Å². The zero-order chi connectivity index (χ0) is 22.4. The maximum atomic E-state index is 12.5. The first-order valence-corrected chi connectivity index (χ1v) is 9.54. The third-order valence-corrected chi connectivity index (χ3v) is 4.68. The summed E-state index contributed by atoms with van der Waals surface area (Å²) in [5, 5.41) is 22.9. The van der Waals surface area contributed by atoms with Gasteiger partial charge in [0.1, 0.15) is 11.9 Å². The van der Waals surface area contributed by atoms with Gasteiger partial charge in [-0.3, -0.25) is 10.1 Å². The van der Waals surface area contributed by atoms with Crippen molar-refractivity contribution >= 4 is 34.3 Å². The minimum Gasteiger partial charge on any atom is -0.507 e. The van der Waals surface area contributed by atoms with E-state index >= 15 is 0 Å². The Morgan fingerprint density at radius 2 is 1.68 bits per heavy atom. The van der Waals surface area contributed by atoms with Crippen molar-refractivity contribution in [2.24, 2.45) is 0 Å². The van der Waals surface area contributed by atoms with Gasteiger partial charge in [0.25, 0.3) is 0 Å². The van der Waals surface area contributed by atoms with Gasteiger partial charge in [0.05, 0.1) is 0 Å². The molecule has 0 aliphatic rings. The highest BCUT2D eigenvalue weighted by Crippen LogP contribution is 2.34. The van der Waals surface area contributed by atoms with Crippen molar-refractivity contribution in [2.75, 3.05) is 5.32 Å². The van der Waals surface area contributed by atoms with E-state index in [4.69, 9.17) is 9.84 Å². The molecular weight excluding hydrogens is 398 g/mol. The van der Waals surface area contributed by atoms with Crippen LogP contribution < -0.4 is 5.32 Å². The van der Waals surface area contributed by atoms with Crippen LogP contribution in [0.25, 0.3) is 10.8 Å². The van der Waals surface area contributed by atoms with E-state index in [0.717, 1.165) is 6.08 Å². The van der Waals surface area contributed by atoms with Crippen molar-refractivity contribution in [1.82, 2.24) is 0 Å². The van der Waals surface area contributed by atoms with E-state index in [9.17, 15) is 19.5 Å². The molecule has 0 unspecified atom stereocenters. The molecule has 0 bridgehead atoms. The normalized spacial score (nSPS) is 11.9. The van der Waals surface area contributed by atoms with Crippen LogP contribution in [0.2, 0.25) is 0 Å². The molecule has 1 amide bonds. The molecule has 0 aliphatic carbocycles. The van der Waals surface area contributed by atoms with Crippen molar-refractivity contribution < 1.29 is 29.3 Å². The molecule has 31 heavy (non-hydrogen) atoms. The number of nitrogens with one attached hydrogen (secondary N) is 1. The molecule has 0 aromatic heterocycles. The molecule has 0 saturated carbocycles. The number of amides is 1. The molecule has 3 N–H and O–H groups in total. The average molecular weight is 419 g/mol. The van der Waals surface area contributed by atoms with Gasteiger partial charge < -0.3 is 14.9 Å². The van der Waals surface area contributed by atoms with Gasteiger partial charge in [-0.05, 0) is 42.6 Å². The summed E-state index contributed by atoms with van der Waals surface area (Å²) in [6.45, 7) is 1.45. The minimum absolute atomic E-state index is 0.0846. The zero-order valence-corrected chi connectivity index (χ0v) is 16.7. The summed E-state index contributed by atoms with van der Waals surface area (Å²) in [6.07, 6.45) is 0.984. The van der Waals surface area contributed by atoms with Crippen LogP contribution in [0, 0.1) is 0 Å². The highest BCUT2D eigenvalue weighted by Gasteiger charge is 2.19. The number of aromatic hydroxyl groups is 1. The largest absolute Gasteiger partial charge is 0.507 e. The Morgan fingerprint density at radius 3 is 2.32 bits per heavy atom. The molecule has 158 valence electrons. The Kier molecular flexibility index (Phi) is 6.67. The number of carbonyl (C=O) groups excluding carboxylic acids is 2. The summed E-state index contributed by atoms with van der Waals surface area (Å²) in [6, 6.07) is 16.6. The molecule has 0 fully saturated rings. The third-order valence-electron chi connectivity index (χ3n) is 4.68. The van der Waals surface area contributed by atoms with Crippen LogP contribution in [-0.2, 0) is 9.53 Å². The van der Waals surface area contributed by atoms with Gasteiger partial charge >= 0.3 is 12.1 Å². The summed E-state index contributed by atoms with van der Waals surface area (Å²) < 4.78 is 5.61. The van der Waals surface area contributed by atoms with Crippen LogP contribution in [-0.4, -0.2) is 28.1 Å². The molecule has 0 saturated heterocycles. The number of Topliss-reactive ketones (excluding diaryl/α,β-unsaturated/α-hetero) is 1. The number of phenols is 1. The Hall–Kier alpha value is -4.13. The molecule has 0 spiro atoms. The molecule has 7 nitrogen and oxygen atoms in total. The van der Waals surface area contributed by atoms with Gasteiger partial charge in [-0.15, -0.1) is 0 Å². The quantitative estimate of drug-likeness (QED) is 0.364. The van der Waals surface area contributed by atoms with Crippen molar-refractivity contribution in [1.29, 1.82) is 0 Å². The number of carbonyl (C=O) groups is 3. The maximum absolute atomic E-state index is 12.5. The molecule has 3 aromatic rings. The highest BCUT2D eigenvalue weighted by molar-refractivity contribution is 5.95. The Bertz CT molecular complexity index is 1150. The van der Waals surface area contributed by atoms with E-state index in [-0.39, 0.29) is 18.0 Å². The van der Waals surface area contributed by atoms with Crippen LogP contribution in [0.1, 0.15) is 35.4 Å². The first-order chi connectivity index (χ1) is 14.8. The van der Waals surface area contributed by atoms with E-state index in [1.54, 1.807) is 54.6 Å². The van der Waals surface area contributed by atoms with E-state index in [2.05, 4.69) is 5.32 Å². The summed E-state index contributed by atoms with van der Waals surface area (Å²) in [7, 11) is 0. The van der Waals surface area contributed by atoms with Gasteiger partial charge in [0.2, 0.25) is 0 Å². The molecule has 0 aliphatic heterocycles. The number of ketones is 1. The fourth-order valence-electron chi connectivity index (χ4n) is 3.18. The van der Waals surface area contributed by atoms with E-state index < -0.39 is 18.2 Å². The smallest absolute Gasteiger partial charge is 0.412 e. The lowest BCUT2D eigenvalue weighted by molar-refractivity contribution is -0.131. The number of phenolic OH excluding ortho intramolecular Hbond substituents is 1. The van der Waals surface area contributed by atoms with Crippen LogP contribution in [0.4, 0.5) is 10.5 Å². The zero-order valence-electron chi connectivity index (χ0n) is 16.7. The lowest BCUT2D eigenvalue weighted by Gasteiger charge is -2.19. The topological polar surface area (TPSA) is 113 Å². The first-order valence-electron chi connectivity index (χ1n) is 9.54. The van der Waals surface area contributed by atoms with Crippen LogP contribution in [0.3, 0.4) is 0 Å². The highest BCUT2D eigenvalue weighted by atomic mass is 16.6. The summed E-state index contributed by atoms with van der Waals surface area (Å²) in [5.41, 5.74) is 1.60. The van der Waals surface area contributed by atoms with Crippen molar-refractivity contribution in [2.45, 2.75) is 19.4 Å². The number of rotatable bonds is 7. The number of hydrogen-bond acceptors (Lipinski definition) is 5. The molecule has 1 atom stereocenters. The monoisotopic (exact) mass is 419 g/mol. The van der Waals surface area contributed by atoms with E-state index in [1.165, 1.54) is 19.1 Å². The standard InChI is InChI=1S/C24H21NO6/c1-15(26)16-9-11-17(12-10-16)25-24(30)31-22(7-4-8-23(28)29)20-13-14-21(27)19-6-3-2-5-18(19)20/h2-6,8-14,22,27H,7H2,1H3,(H,25,30)(H,28,29)/b8-4+/t22-/m0/s1. The lowest BCUT2D eigenvalue weighted by atomic mass is 9.97. The Balaban J connectivity index is 1.86. The fraction of sp³-hybridized carbons (Fsp3) is 0.125. The second-order valence-electron chi connectivity index (χ2n) is 6.85. The average Bonchev–Trinajstić information content (AvgIpc) is 2.74. The predicted molar refractivity (Wildman–Crippen MR) is 116 cm³/mol. The Labute approximate surface area is 178 Å². The second kappa shape index (κ2) is 9.58. The number of aliphatic carboxylic acids is 1. The predicted octanol–water partition coefficient (Wildman–Crippen LogP) is 5.07. The Morgan fingerprint density at radius 1 is 1.00 bits per heavy atom. The van der Waals surface area contributed by atoms with Gasteiger partial charge in [-0.25, -0.2) is 9.59 Å². The van der Waals surface area contributed by atoms with Gasteiger partial charge in [0, 0.05) is 34.7 Å². The fourth-order valence-corrected chi connectivity index (χ4v) is 3.18. The number of benzene rings is 3. The first kappa shape index (κ1) is 21.6. The lowest BCUT2D eigenvalue weighted by Crippen LogP contribution is -2.17. The number of ether oxygens (including phenoxy) is 1. The number of carboxylic acid groups (broad SMARTS) is 1. The maximum Gasteiger partial charge on any atom is 0.412 e. The van der Waals surface area contributed by atoms with Crippen LogP contribution >= 0.6 is 0 Å². The molecule has 0 heterocycles. The van der Waals surface area contributed by atoms with Crippen molar-refractivity contribution in [3.05, 3.63) is 83.9 Å². The van der Waals surface area contributed by atoms with E-state index in [1.807, 2.05) is 0 Å². The minimum atomic E-state index is -1.11. The third kappa shape index (κ3) is 5.48. The van der Waals surface area contributed by atoms with Gasteiger partial charge in [0.15, 0.2) is 5.78 Å². The van der Waals surface area contributed by atoms with Gasteiger partial charge in [-0.2, -0.15) is 0 Å². The second-order valence-corrected chi connectivity index (χ2v) is 6.85. The molecule has 7 heteroatoms. The number of hydrogen-bond donors (Lipinski definition) is 3. The van der Waals surface area contributed by atoms with Crippen LogP contribution in [0.5, 0.6) is 5.75 Å². The van der Waals surface area contributed by atoms with Crippen molar-refractivity contribution in [3.63, 3.8) is 0 Å². The molecule has 0 radical (unpaired) electrons. The van der Waals surface area contributed by atoms with Crippen molar-refractivity contribution in [3.8, 4) is 5.75 Å². The SMILES string of the molecule is CC(=O)c1ccc(NC(=O)O[C@@H](C/C=C/C(=O)O)c2ccc(O)c3ccccc23)cc1. The number of carboxylic acids is 1. The van der Waals surface area contributed by atoms with Crippen LogP contribution in [0.15, 0.2) is 72.8 Å². The number of anilines is 1. The van der Waals surface area contributed by atoms with Gasteiger partial charge in [-0.1, -0.05) is 36.4 Å². The summed E-state index contributed by atoms with van der Waals surface area (Å²) in [5.74, 6) is -1.10. The summed E-state index contributed by atoms with van der Waals surface area (Å²) >= 11 is 0. The molecule has 3 aromatic carbocycles. The number of fused-ring (bicyclic) bond motifs is 1. The summed E-state index contributed by atoms with van der Waals surface area (Å²) in [4.78, 5) is 34.8.